The lowest BCUT2D eigenvalue weighted by molar-refractivity contribution is -0.139. The smallest absolute Gasteiger partial charge is 0.227 e. The normalized spacial score (nSPS) is 29.6. The van der Waals surface area contributed by atoms with Crippen LogP contribution in [0.5, 0.6) is 0 Å². The van der Waals surface area contributed by atoms with Crippen LogP contribution in [0.2, 0.25) is 0 Å². The van der Waals surface area contributed by atoms with Gasteiger partial charge in [-0.05, 0) is 45.8 Å². The average Bonchev–Trinajstić information content (AvgIpc) is 2.83. The second kappa shape index (κ2) is 6.68. The van der Waals surface area contributed by atoms with Crippen molar-refractivity contribution < 1.29 is 9.90 Å². The van der Waals surface area contributed by atoms with E-state index in [2.05, 4.69) is 11.9 Å². The third kappa shape index (κ3) is 3.46. The van der Waals surface area contributed by atoms with E-state index in [4.69, 9.17) is 5.73 Å². The molecule has 0 bridgehead atoms. The lowest BCUT2D eigenvalue weighted by Gasteiger charge is -2.38. The number of likely N-dealkylation sites (tertiary alicyclic amines) is 1. The number of aliphatic hydroxyl groups excluding tert-OH is 1. The minimum atomic E-state index is -0.0220. The monoisotopic (exact) mass is 269 g/mol. The molecule has 1 aliphatic carbocycles. The minimum Gasteiger partial charge on any atom is -0.395 e. The molecule has 5 nitrogen and oxygen atoms in total. The van der Waals surface area contributed by atoms with Crippen molar-refractivity contribution in [3.63, 3.8) is 0 Å². The maximum Gasteiger partial charge on any atom is 0.227 e. The first-order valence-electron chi connectivity index (χ1n) is 7.49. The molecule has 2 rings (SSSR count). The Hall–Kier alpha value is -0.650. The van der Waals surface area contributed by atoms with E-state index >= 15 is 0 Å². The summed E-state index contributed by atoms with van der Waals surface area (Å²) in [6.07, 6.45) is 4.93. The third-order valence-corrected chi connectivity index (χ3v) is 4.64. The highest BCUT2D eigenvalue weighted by Crippen LogP contribution is 2.28. The van der Waals surface area contributed by atoms with Crippen molar-refractivity contribution in [3.05, 3.63) is 0 Å². The van der Waals surface area contributed by atoms with Crippen molar-refractivity contribution in [3.8, 4) is 0 Å². The Balaban J connectivity index is 2.00. The van der Waals surface area contributed by atoms with Gasteiger partial charge in [0.05, 0.1) is 12.5 Å². The van der Waals surface area contributed by atoms with Crippen LogP contribution < -0.4 is 5.73 Å². The molecule has 110 valence electrons. The largest absolute Gasteiger partial charge is 0.395 e. The molecular weight excluding hydrogens is 242 g/mol. The van der Waals surface area contributed by atoms with Gasteiger partial charge in [0.2, 0.25) is 5.91 Å². The number of carbonyl (C=O) groups is 1. The number of nitrogens with two attached hydrogens (primary N) is 1. The summed E-state index contributed by atoms with van der Waals surface area (Å²) in [6, 6.07) is 0.295. The van der Waals surface area contributed by atoms with E-state index in [1.807, 2.05) is 4.90 Å². The van der Waals surface area contributed by atoms with E-state index in [1.165, 1.54) is 0 Å². The highest BCUT2D eigenvalue weighted by Gasteiger charge is 2.36. The number of aliphatic hydroxyl groups is 1. The number of piperidine rings is 1. The molecular formula is C14H27N3O2. The van der Waals surface area contributed by atoms with Gasteiger partial charge in [0.15, 0.2) is 0 Å². The topological polar surface area (TPSA) is 69.8 Å². The molecule has 5 heteroatoms. The lowest BCUT2D eigenvalue weighted by atomic mass is 9.98. The van der Waals surface area contributed by atoms with Crippen molar-refractivity contribution in [2.75, 3.05) is 33.3 Å². The molecule has 0 aromatic rings. The first kappa shape index (κ1) is 14.8. The fourth-order valence-electron chi connectivity index (χ4n) is 3.40. The molecule has 0 spiro atoms. The summed E-state index contributed by atoms with van der Waals surface area (Å²) in [4.78, 5) is 16.8. The number of hydrogen-bond acceptors (Lipinski definition) is 4. The maximum atomic E-state index is 12.6. The van der Waals surface area contributed by atoms with Crippen molar-refractivity contribution in [2.24, 2.45) is 11.7 Å². The Bertz CT molecular complexity index is 303. The molecule has 1 saturated heterocycles. The highest BCUT2D eigenvalue weighted by atomic mass is 16.3. The van der Waals surface area contributed by atoms with Gasteiger partial charge in [-0.1, -0.05) is 6.42 Å². The van der Waals surface area contributed by atoms with Crippen LogP contribution in [-0.2, 0) is 4.79 Å². The van der Waals surface area contributed by atoms with Crippen LogP contribution in [0, 0.1) is 5.92 Å². The van der Waals surface area contributed by atoms with Crippen LogP contribution in [0.4, 0.5) is 0 Å². The first-order chi connectivity index (χ1) is 9.13. The quantitative estimate of drug-likeness (QED) is 0.755. The second-order valence-electron chi connectivity index (χ2n) is 5.99. The minimum absolute atomic E-state index is 0.0138. The molecule has 0 radical (unpaired) electrons. The summed E-state index contributed by atoms with van der Waals surface area (Å²) in [5.74, 6) is 0.153. The Morgan fingerprint density at radius 2 is 2.00 bits per heavy atom. The predicted molar refractivity (Wildman–Crippen MR) is 74.6 cm³/mol. The van der Waals surface area contributed by atoms with Crippen LogP contribution in [0.1, 0.15) is 32.1 Å². The molecule has 19 heavy (non-hydrogen) atoms. The lowest BCUT2D eigenvalue weighted by Crippen LogP contribution is -2.51. The van der Waals surface area contributed by atoms with E-state index in [0.29, 0.717) is 6.54 Å². The van der Waals surface area contributed by atoms with E-state index in [0.717, 1.165) is 45.2 Å². The van der Waals surface area contributed by atoms with Crippen molar-refractivity contribution in [1.29, 1.82) is 0 Å². The zero-order valence-corrected chi connectivity index (χ0v) is 11.9. The molecule has 3 N–H and O–H groups in total. The van der Waals surface area contributed by atoms with Gasteiger partial charge in [-0.15, -0.1) is 0 Å². The number of amides is 1. The van der Waals surface area contributed by atoms with Crippen LogP contribution in [0.25, 0.3) is 0 Å². The second-order valence-corrected chi connectivity index (χ2v) is 5.99. The number of rotatable bonds is 4. The molecule has 1 saturated carbocycles. The molecule has 2 atom stereocenters. The predicted octanol–water partition coefficient (Wildman–Crippen LogP) is 0.0289. The summed E-state index contributed by atoms with van der Waals surface area (Å²) >= 11 is 0. The summed E-state index contributed by atoms with van der Waals surface area (Å²) in [5.41, 5.74) is 6.05. The molecule has 1 amide bonds. The standard InChI is InChI=1S/C14H27N3O2/c1-16-7-5-11(6-8-16)17(9-10-18)14(19)12-3-2-4-13(12)15/h11-13,18H,2-10,15H2,1H3. The molecule has 2 unspecified atom stereocenters. The van der Waals surface area contributed by atoms with Crippen LogP contribution in [0.3, 0.4) is 0 Å². The Morgan fingerprint density at radius 3 is 2.53 bits per heavy atom. The Kier molecular flexibility index (Phi) is 5.19. The molecule has 1 heterocycles. The Morgan fingerprint density at radius 1 is 1.32 bits per heavy atom. The van der Waals surface area contributed by atoms with Crippen LogP contribution in [0.15, 0.2) is 0 Å². The van der Waals surface area contributed by atoms with Gasteiger partial charge in [-0.3, -0.25) is 4.79 Å². The third-order valence-electron chi connectivity index (χ3n) is 4.64. The van der Waals surface area contributed by atoms with E-state index in [-0.39, 0.29) is 30.5 Å². The number of hydrogen-bond donors (Lipinski definition) is 2. The molecule has 1 aliphatic heterocycles. The van der Waals surface area contributed by atoms with Gasteiger partial charge in [-0.25, -0.2) is 0 Å². The van der Waals surface area contributed by atoms with Gasteiger partial charge >= 0.3 is 0 Å². The number of nitrogens with zero attached hydrogens (tertiary/aromatic N) is 2. The first-order valence-corrected chi connectivity index (χ1v) is 7.49. The van der Waals surface area contributed by atoms with E-state index in [9.17, 15) is 9.90 Å². The maximum absolute atomic E-state index is 12.6. The highest BCUT2D eigenvalue weighted by molar-refractivity contribution is 5.80. The van der Waals surface area contributed by atoms with Gasteiger partial charge < -0.3 is 20.6 Å². The molecule has 0 aromatic carbocycles. The molecule has 2 fully saturated rings. The SMILES string of the molecule is CN1CCC(N(CCO)C(=O)C2CCCC2N)CC1. The zero-order valence-electron chi connectivity index (χ0n) is 11.9. The van der Waals surface area contributed by atoms with E-state index < -0.39 is 0 Å². The van der Waals surface area contributed by atoms with Gasteiger partial charge in [0.1, 0.15) is 0 Å². The zero-order chi connectivity index (χ0) is 13.8. The summed E-state index contributed by atoms with van der Waals surface area (Å²) in [7, 11) is 2.11. The van der Waals surface area contributed by atoms with E-state index in [1.54, 1.807) is 0 Å². The van der Waals surface area contributed by atoms with Gasteiger partial charge in [0, 0.05) is 18.6 Å². The van der Waals surface area contributed by atoms with Gasteiger partial charge in [-0.2, -0.15) is 0 Å². The van der Waals surface area contributed by atoms with Crippen molar-refractivity contribution >= 4 is 5.91 Å². The van der Waals surface area contributed by atoms with Crippen molar-refractivity contribution in [2.45, 2.75) is 44.2 Å². The summed E-state index contributed by atoms with van der Waals surface area (Å²) in [5, 5.41) is 9.24. The fourth-order valence-corrected chi connectivity index (χ4v) is 3.40. The fraction of sp³-hybridized carbons (Fsp3) is 0.929. The average molecular weight is 269 g/mol. The Labute approximate surface area is 115 Å². The van der Waals surface area contributed by atoms with Gasteiger partial charge in [0.25, 0.3) is 0 Å². The van der Waals surface area contributed by atoms with Crippen LogP contribution in [-0.4, -0.2) is 66.2 Å². The number of carbonyl (C=O) groups excluding carboxylic acids is 1. The molecule has 2 aliphatic rings. The molecule has 0 aromatic heterocycles. The van der Waals surface area contributed by atoms with Crippen molar-refractivity contribution in [1.82, 2.24) is 9.80 Å². The summed E-state index contributed by atoms with van der Waals surface area (Å²) in [6.45, 7) is 2.55. The van der Waals surface area contributed by atoms with Crippen LogP contribution >= 0.6 is 0 Å². The summed E-state index contributed by atoms with van der Waals surface area (Å²) < 4.78 is 0.